The van der Waals surface area contributed by atoms with Crippen molar-refractivity contribution in [1.82, 2.24) is 4.98 Å². The summed E-state index contributed by atoms with van der Waals surface area (Å²) in [5.74, 6) is -0.513. The average Bonchev–Trinajstić information content (AvgIpc) is 2.73. The lowest BCUT2D eigenvalue weighted by atomic mass is 9.93. The first kappa shape index (κ1) is 14.8. The molecule has 0 atom stereocenters. The normalized spacial score (nSPS) is 14.8. The number of aromatic nitrogens is 1. The van der Waals surface area contributed by atoms with E-state index in [1.807, 2.05) is 24.3 Å². The molecule has 3 heteroatoms. The third-order valence-electron chi connectivity index (χ3n) is 4.33. The fourth-order valence-electron chi connectivity index (χ4n) is 3.23. The molecule has 1 nitrogen and oxygen atoms in total. The van der Waals surface area contributed by atoms with Crippen LogP contribution in [0.5, 0.6) is 0 Å². The highest BCUT2D eigenvalue weighted by Crippen LogP contribution is 2.34. The number of aryl methyl sites for hydroxylation is 2. The van der Waals surface area contributed by atoms with Crippen LogP contribution >= 0.6 is 0 Å². The maximum Gasteiger partial charge on any atom is 0.123 e. The van der Waals surface area contributed by atoms with Crippen molar-refractivity contribution in [3.8, 4) is 0 Å². The van der Waals surface area contributed by atoms with Gasteiger partial charge in [0.25, 0.3) is 0 Å². The van der Waals surface area contributed by atoms with E-state index in [1.54, 1.807) is 24.4 Å². The van der Waals surface area contributed by atoms with E-state index in [0.29, 0.717) is 0 Å². The van der Waals surface area contributed by atoms with Gasteiger partial charge in [0, 0.05) is 17.5 Å². The Kier molecular flexibility index (Phi) is 3.69. The minimum atomic E-state index is -0.274. The molecule has 0 N–H and O–H groups in total. The third-order valence-corrected chi connectivity index (χ3v) is 4.33. The molecule has 0 spiro atoms. The zero-order valence-electron chi connectivity index (χ0n) is 13.0. The zero-order chi connectivity index (χ0) is 16.5. The predicted molar refractivity (Wildman–Crippen MR) is 91.4 cm³/mol. The lowest BCUT2D eigenvalue weighted by molar-refractivity contribution is 0.625. The highest BCUT2D eigenvalue weighted by molar-refractivity contribution is 5.93. The van der Waals surface area contributed by atoms with Gasteiger partial charge in [0.15, 0.2) is 0 Å². The van der Waals surface area contributed by atoms with Crippen LogP contribution in [0.3, 0.4) is 0 Å². The van der Waals surface area contributed by atoms with Gasteiger partial charge in [-0.2, -0.15) is 0 Å². The summed E-state index contributed by atoms with van der Waals surface area (Å²) >= 11 is 0. The topological polar surface area (TPSA) is 12.9 Å². The van der Waals surface area contributed by atoms with E-state index in [-0.39, 0.29) is 11.6 Å². The minimum Gasteiger partial charge on any atom is -0.261 e. The summed E-state index contributed by atoms with van der Waals surface area (Å²) in [4.78, 5) is 4.49. The molecule has 0 unspecified atom stereocenters. The van der Waals surface area contributed by atoms with Crippen molar-refractivity contribution in [2.75, 3.05) is 0 Å². The van der Waals surface area contributed by atoms with Crippen molar-refractivity contribution < 1.29 is 8.78 Å². The van der Waals surface area contributed by atoms with Crippen LogP contribution in [0.4, 0.5) is 8.78 Å². The van der Waals surface area contributed by atoms with Gasteiger partial charge in [-0.05, 0) is 71.5 Å². The molecular weight excluding hydrogens is 304 g/mol. The van der Waals surface area contributed by atoms with Crippen molar-refractivity contribution >= 4 is 11.6 Å². The van der Waals surface area contributed by atoms with Gasteiger partial charge in [-0.3, -0.25) is 4.98 Å². The second-order valence-corrected chi connectivity index (χ2v) is 5.91. The maximum absolute atomic E-state index is 13.7. The van der Waals surface area contributed by atoms with Crippen LogP contribution in [0, 0.1) is 11.6 Å². The Hall–Kier alpha value is -2.81. The van der Waals surface area contributed by atoms with Crippen molar-refractivity contribution in [1.29, 1.82) is 0 Å². The number of nitrogens with zero attached hydrogens (tertiary/aromatic N) is 1. The Bertz CT molecular complexity index is 944. The Labute approximate surface area is 139 Å². The average molecular weight is 319 g/mol. The highest BCUT2D eigenvalue weighted by atomic mass is 19.1. The van der Waals surface area contributed by atoms with E-state index >= 15 is 0 Å². The Balaban J connectivity index is 1.97. The molecule has 0 fully saturated rings. The monoisotopic (exact) mass is 319 g/mol. The zero-order valence-corrected chi connectivity index (χ0v) is 13.0. The standard InChI is InChI=1S/C21H15F2N/c22-16-4-1-3-14(11-16)12-20-18-8-7-17(23)13-15(18)6-9-21-19(20)5-2-10-24-21/h1-5,7-8,10-13H,6,9H2/b20-12+. The summed E-state index contributed by atoms with van der Waals surface area (Å²) in [5, 5.41) is 0. The highest BCUT2D eigenvalue weighted by Gasteiger charge is 2.19. The van der Waals surface area contributed by atoms with E-state index in [9.17, 15) is 8.78 Å². The van der Waals surface area contributed by atoms with Gasteiger partial charge < -0.3 is 0 Å². The van der Waals surface area contributed by atoms with Crippen LogP contribution in [0.15, 0.2) is 60.8 Å². The van der Waals surface area contributed by atoms with Crippen molar-refractivity contribution in [2.45, 2.75) is 12.8 Å². The van der Waals surface area contributed by atoms with Crippen LogP contribution in [0.2, 0.25) is 0 Å². The molecule has 0 saturated heterocycles. The first-order valence-electron chi connectivity index (χ1n) is 7.91. The van der Waals surface area contributed by atoms with E-state index < -0.39 is 0 Å². The van der Waals surface area contributed by atoms with Crippen LogP contribution in [0.1, 0.15) is 27.9 Å². The number of halogens is 2. The van der Waals surface area contributed by atoms with Crippen LogP contribution < -0.4 is 0 Å². The van der Waals surface area contributed by atoms with Gasteiger partial charge in [-0.1, -0.05) is 24.3 Å². The Morgan fingerprint density at radius 2 is 1.71 bits per heavy atom. The first-order valence-corrected chi connectivity index (χ1v) is 7.91. The van der Waals surface area contributed by atoms with Gasteiger partial charge in [0.2, 0.25) is 0 Å². The number of pyridine rings is 1. The van der Waals surface area contributed by atoms with Gasteiger partial charge in [-0.15, -0.1) is 0 Å². The van der Waals surface area contributed by atoms with Crippen LogP contribution in [-0.2, 0) is 12.8 Å². The second-order valence-electron chi connectivity index (χ2n) is 5.91. The maximum atomic E-state index is 13.7. The van der Waals surface area contributed by atoms with E-state index in [4.69, 9.17) is 0 Å². The molecule has 4 rings (SSSR count). The lowest BCUT2D eigenvalue weighted by Crippen LogP contribution is -1.95. The summed E-state index contributed by atoms with van der Waals surface area (Å²) in [6.07, 6.45) is 5.21. The summed E-state index contributed by atoms with van der Waals surface area (Å²) in [6.45, 7) is 0. The Morgan fingerprint density at radius 3 is 2.58 bits per heavy atom. The number of benzene rings is 2. The smallest absolute Gasteiger partial charge is 0.123 e. The van der Waals surface area contributed by atoms with Crippen molar-refractivity contribution in [3.05, 3.63) is 100 Å². The summed E-state index contributed by atoms with van der Waals surface area (Å²) in [5.41, 5.74) is 5.67. The molecule has 0 aliphatic heterocycles. The molecule has 0 radical (unpaired) electrons. The fourth-order valence-corrected chi connectivity index (χ4v) is 3.23. The van der Waals surface area contributed by atoms with E-state index in [2.05, 4.69) is 4.98 Å². The largest absolute Gasteiger partial charge is 0.261 e. The summed E-state index contributed by atoms with van der Waals surface area (Å²) in [6, 6.07) is 15.2. The fraction of sp³-hybridized carbons (Fsp3) is 0.0952. The van der Waals surface area contributed by atoms with Crippen LogP contribution in [-0.4, -0.2) is 4.98 Å². The number of rotatable bonds is 1. The third kappa shape index (κ3) is 2.73. The molecule has 2 aromatic carbocycles. The van der Waals surface area contributed by atoms with E-state index in [0.717, 1.165) is 46.4 Å². The van der Waals surface area contributed by atoms with Crippen LogP contribution in [0.25, 0.3) is 11.6 Å². The lowest BCUT2D eigenvalue weighted by Gasteiger charge is -2.12. The van der Waals surface area contributed by atoms with Crippen molar-refractivity contribution in [3.63, 3.8) is 0 Å². The predicted octanol–water partition coefficient (Wildman–Crippen LogP) is 5.05. The number of fused-ring (bicyclic) bond motifs is 2. The molecule has 24 heavy (non-hydrogen) atoms. The minimum absolute atomic E-state index is 0.238. The van der Waals surface area contributed by atoms with Crippen molar-refractivity contribution in [2.24, 2.45) is 0 Å². The molecule has 1 aliphatic carbocycles. The molecule has 1 aliphatic rings. The molecule has 0 saturated carbocycles. The quantitative estimate of drug-likeness (QED) is 0.612. The molecule has 118 valence electrons. The van der Waals surface area contributed by atoms with Gasteiger partial charge >= 0.3 is 0 Å². The summed E-state index contributed by atoms with van der Waals surface area (Å²) in [7, 11) is 0. The molecule has 0 amide bonds. The second kappa shape index (κ2) is 6.00. The molecule has 3 aromatic rings. The SMILES string of the molecule is Fc1cccc(/C=C2\c3ccc(F)cc3CCc3ncccc32)c1. The van der Waals surface area contributed by atoms with Gasteiger partial charge in [0.05, 0.1) is 0 Å². The van der Waals surface area contributed by atoms with Gasteiger partial charge in [0.1, 0.15) is 11.6 Å². The summed E-state index contributed by atoms with van der Waals surface area (Å²) < 4.78 is 27.2. The molecule has 1 heterocycles. The Morgan fingerprint density at radius 1 is 0.833 bits per heavy atom. The molecular formula is C21H15F2N. The number of hydrogen-bond acceptors (Lipinski definition) is 1. The molecule has 1 aromatic heterocycles. The van der Waals surface area contributed by atoms with Gasteiger partial charge in [-0.25, -0.2) is 8.78 Å². The number of hydrogen-bond donors (Lipinski definition) is 0. The first-order chi connectivity index (χ1) is 11.7. The van der Waals surface area contributed by atoms with E-state index in [1.165, 1.54) is 18.2 Å². The molecule has 0 bridgehead atoms.